The summed E-state index contributed by atoms with van der Waals surface area (Å²) in [5.74, 6) is 1.54. The summed E-state index contributed by atoms with van der Waals surface area (Å²) in [4.78, 5) is 0. The molecule has 0 aliphatic carbocycles. The summed E-state index contributed by atoms with van der Waals surface area (Å²) in [5, 5.41) is 10.8. The molecule has 6 fully saturated rings. The average Bonchev–Trinajstić information content (AvgIpc) is 3.64. The van der Waals surface area contributed by atoms with Gasteiger partial charge in [-0.3, -0.25) is 0 Å². The normalized spacial score (nSPS) is 54.7. The first kappa shape index (κ1) is 44.1. The van der Waals surface area contributed by atoms with Crippen LogP contribution in [-0.4, -0.2) is 104 Å². The quantitative estimate of drug-likeness (QED) is 0.212. The number of hydrogen-bond donors (Lipinski definition) is 1. The van der Waals surface area contributed by atoms with E-state index in [0.717, 1.165) is 25.7 Å². The van der Waals surface area contributed by atoms with Gasteiger partial charge in [-0.05, 0) is 55.3 Å². The number of rotatable bonds is 12. The summed E-state index contributed by atoms with van der Waals surface area (Å²) in [5.41, 5.74) is 0. The average molecular weight is 783 g/mol. The Morgan fingerprint density at radius 3 is 1.11 bits per heavy atom. The lowest BCUT2D eigenvalue weighted by molar-refractivity contribution is -0.362. The van der Waals surface area contributed by atoms with Crippen LogP contribution in [0.15, 0.2) is 0 Å². The molecule has 2 bridgehead atoms. The number of fused-ring (bicyclic) bond motifs is 2. The monoisotopic (exact) mass is 783 g/mol. The van der Waals surface area contributed by atoms with Gasteiger partial charge < -0.3 is 52.5 Å². The van der Waals surface area contributed by atoms with E-state index in [1.807, 2.05) is 0 Å². The molecule has 6 aliphatic heterocycles. The first-order valence-corrected chi connectivity index (χ1v) is 22.3. The molecule has 0 aromatic heterocycles. The Morgan fingerprint density at radius 1 is 0.400 bits per heavy atom. The van der Waals surface area contributed by atoms with E-state index in [4.69, 9.17) is 47.4 Å². The molecule has 11 nitrogen and oxygen atoms in total. The van der Waals surface area contributed by atoms with Crippen molar-refractivity contribution in [1.82, 2.24) is 0 Å². The minimum absolute atomic E-state index is 0.0586. The van der Waals surface area contributed by atoms with E-state index in [-0.39, 0.29) is 140 Å². The molecular formula is C44H78O11. The Kier molecular flexibility index (Phi) is 14.8. The molecule has 55 heavy (non-hydrogen) atoms. The Hall–Kier alpha value is -0.440. The SMILES string of the molecule is CCC1O[C@@H](O[C@@H]2C(CC)O[C@@H](O[C@H]3C(C)C(C)[C@@H]4OC[C@@H]3O4)[C@@H](C)C2C)[C@@H](C)C(C)[C@@H]1O[C@@H]1O[C@@H](CC)[C@@H](O[C@H]2O[C@@H](CC)[C@@H](O)C(C)C2C)C(C)C1C. The first-order valence-electron chi connectivity index (χ1n) is 22.3. The van der Waals surface area contributed by atoms with Gasteiger partial charge in [0, 0.05) is 29.6 Å². The minimum Gasteiger partial charge on any atom is -0.390 e. The van der Waals surface area contributed by atoms with Crippen LogP contribution in [0.4, 0.5) is 0 Å². The Bertz CT molecular complexity index is 1200. The lowest BCUT2D eigenvalue weighted by Crippen LogP contribution is -2.59. The molecule has 11 heteroatoms. The highest BCUT2D eigenvalue weighted by Crippen LogP contribution is 2.45. The lowest BCUT2D eigenvalue weighted by atomic mass is 9.81. The van der Waals surface area contributed by atoms with Gasteiger partial charge >= 0.3 is 0 Å². The molecule has 6 aliphatic rings. The summed E-state index contributed by atoms with van der Waals surface area (Å²) in [7, 11) is 0. The highest BCUT2D eigenvalue weighted by Gasteiger charge is 2.53. The highest BCUT2D eigenvalue weighted by molar-refractivity contribution is 4.95. The highest BCUT2D eigenvalue weighted by atomic mass is 16.8. The Balaban J connectivity index is 1.08. The van der Waals surface area contributed by atoms with Crippen molar-refractivity contribution in [2.45, 2.75) is 215 Å². The van der Waals surface area contributed by atoms with Crippen LogP contribution in [0.3, 0.4) is 0 Å². The van der Waals surface area contributed by atoms with E-state index in [2.05, 4.69) is 96.9 Å². The zero-order valence-electron chi connectivity index (χ0n) is 36.5. The third-order valence-electron chi connectivity index (χ3n) is 15.5. The van der Waals surface area contributed by atoms with Crippen molar-refractivity contribution < 1.29 is 52.5 Å². The zero-order chi connectivity index (χ0) is 40.0. The van der Waals surface area contributed by atoms with Crippen LogP contribution in [0.25, 0.3) is 0 Å². The molecule has 0 aromatic carbocycles. The van der Waals surface area contributed by atoms with Crippen molar-refractivity contribution in [3.05, 3.63) is 0 Å². The molecular weight excluding hydrogens is 704 g/mol. The van der Waals surface area contributed by atoms with Gasteiger partial charge in [0.25, 0.3) is 0 Å². The molecule has 6 saturated heterocycles. The van der Waals surface area contributed by atoms with Gasteiger partial charge in [0.15, 0.2) is 31.5 Å². The Morgan fingerprint density at radius 2 is 0.727 bits per heavy atom. The van der Waals surface area contributed by atoms with Crippen molar-refractivity contribution in [2.24, 2.45) is 59.2 Å². The third-order valence-corrected chi connectivity index (χ3v) is 15.5. The molecule has 320 valence electrons. The number of ether oxygens (including phenoxy) is 10. The molecule has 6 rings (SSSR count). The fourth-order valence-corrected chi connectivity index (χ4v) is 10.2. The Labute approximate surface area is 332 Å². The van der Waals surface area contributed by atoms with Crippen LogP contribution in [0, 0.1) is 59.2 Å². The van der Waals surface area contributed by atoms with Gasteiger partial charge in [0.1, 0.15) is 6.10 Å². The summed E-state index contributed by atoms with van der Waals surface area (Å²) in [6.45, 7) is 31.2. The summed E-state index contributed by atoms with van der Waals surface area (Å²) in [6.07, 6.45) is -0.156. The zero-order valence-corrected chi connectivity index (χ0v) is 36.5. The number of aliphatic hydroxyl groups is 1. The predicted molar refractivity (Wildman–Crippen MR) is 208 cm³/mol. The van der Waals surface area contributed by atoms with E-state index in [0.29, 0.717) is 12.5 Å². The van der Waals surface area contributed by atoms with Crippen molar-refractivity contribution in [2.75, 3.05) is 6.61 Å². The molecule has 0 spiro atoms. The van der Waals surface area contributed by atoms with Crippen LogP contribution < -0.4 is 0 Å². The molecule has 0 saturated carbocycles. The molecule has 0 aromatic rings. The van der Waals surface area contributed by atoms with Gasteiger partial charge in [-0.15, -0.1) is 0 Å². The molecule has 0 radical (unpaired) electrons. The topological polar surface area (TPSA) is 113 Å². The molecule has 10 unspecified atom stereocenters. The van der Waals surface area contributed by atoms with Crippen LogP contribution in [0.2, 0.25) is 0 Å². The van der Waals surface area contributed by atoms with E-state index < -0.39 is 6.10 Å². The smallest absolute Gasteiger partial charge is 0.161 e. The fraction of sp³-hybridized carbons (Fsp3) is 1.00. The van der Waals surface area contributed by atoms with E-state index in [1.165, 1.54) is 0 Å². The third kappa shape index (κ3) is 8.61. The summed E-state index contributed by atoms with van der Waals surface area (Å²) < 4.78 is 66.5. The van der Waals surface area contributed by atoms with Crippen molar-refractivity contribution in [1.29, 1.82) is 0 Å². The second kappa shape index (κ2) is 18.4. The largest absolute Gasteiger partial charge is 0.390 e. The molecule has 0 amide bonds. The van der Waals surface area contributed by atoms with Crippen LogP contribution >= 0.6 is 0 Å². The second-order valence-corrected chi connectivity index (χ2v) is 18.7. The van der Waals surface area contributed by atoms with Gasteiger partial charge in [-0.25, -0.2) is 0 Å². The lowest BCUT2D eigenvalue weighted by Gasteiger charge is -2.52. The number of aliphatic hydroxyl groups excluding tert-OH is 1. The molecule has 1 N–H and O–H groups in total. The van der Waals surface area contributed by atoms with Gasteiger partial charge in [-0.1, -0.05) is 96.9 Å². The number of hydrogen-bond acceptors (Lipinski definition) is 11. The molecule has 6 heterocycles. The maximum absolute atomic E-state index is 10.8. The van der Waals surface area contributed by atoms with E-state index >= 15 is 0 Å². The van der Waals surface area contributed by atoms with Crippen LogP contribution in [0.5, 0.6) is 0 Å². The van der Waals surface area contributed by atoms with Crippen molar-refractivity contribution in [3.63, 3.8) is 0 Å². The maximum atomic E-state index is 10.8. The van der Waals surface area contributed by atoms with Gasteiger partial charge in [0.2, 0.25) is 0 Å². The first-order chi connectivity index (χ1) is 26.1. The predicted octanol–water partition coefficient (Wildman–Crippen LogP) is 7.54. The van der Waals surface area contributed by atoms with E-state index in [1.54, 1.807) is 0 Å². The van der Waals surface area contributed by atoms with Gasteiger partial charge in [-0.2, -0.15) is 0 Å². The van der Waals surface area contributed by atoms with Crippen LogP contribution in [0.1, 0.15) is 123 Å². The summed E-state index contributed by atoms with van der Waals surface area (Å²) >= 11 is 0. The van der Waals surface area contributed by atoms with Crippen LogP contribution in [-0.2, 0) is 47.4 Å². The summed E-state index contributed by atoms with van der Waals surface area (Å²) in [6, 6.07) is 0. The van der Waals surface area contributed by atoms with Crippen molar-refractivity contribution >= 4 is 0 Å². The van der Waals surface area contributed by atoms with Gasteiger partial charge in [0.05, 0.1) is 61.5 Å². The van der Waals surface area contributed by atoms with Crippen molar-refractivity contribution in [3.8, 4) is 0 Å². The fourth-order valence-electron chi connectivity index (χ4n) is 10.2. The molecule has 25 atom stereocenters. The standard InChI is InChI=1S/C44H78O11/c1-15-30-35(45)20(5)25(10)41(47-30)52-36-22(7)27(12)42(48-31(36)16-2)53-37-23(8)28(13)43(49-32(37)17-3)54-38-24(9)29(14)44(50-33(38)18-4)55-39-21(6)26(11)40-46-19-34(39)51-40/h20-45H,15-19H2,1-14H3/t20?,21?,22?,23?,24?,25?,26?,27?,28-,29-,30-,31-,32?,33?,34-,35-,36-,37-,38-,39-,40+,41+,42-,43-,44-/m0/s1. The maximum Gasteiger partial charge on any atom is 0.161 e. The van der Waals surface area contributed by atoms with E-state index in [9.17, 15) is 5.11 Å². The minimum atomic E-state index is -0.485. The second-order valence-electron chi connectivity index (χ2n) is 18.7.